The van der Waals surface area contributed by atoms with Crippen LogP contribution in [0.15, 0.2) is 35.3 Å². The van der Waals surface area contributed by atoms with E-state index < -0.39 is 11.5 Å². The van der Waals surface area contributed by atoms with Gasteiger partial charge in [0.2, 0.25) is 0 Å². The summed E-state index contributed by atoms with van der Waals surface area (Å²) in [6, 6.07) is 0. The van der Waals surface area contributed by atoms with E-state index in [0.29, 0.717) is 24.3 Å². The first kappa shape index (κ1) is 16.8. The fourth-order valence-corrected chi connectivity index (χ4v) is 4.70. The highest BCUT2D eigenvalue weighted by Gasteiger charge is 2.57. The van der Waals surface area contributed by atoms with Gasteiger partial charge in [0.15, 0.2) is 5.78 Å². The van der Waals surface area contributed by atoms with Gasteiger partial charge in [0.05, 0.1) is 12.0 Å². The Labute approximate surface area is 131 Å². The summed E-state index contributed by atoms with van der Waals surface area (Å²) < 4.78 is 0. The van der Waals surface area contributed by atoms with E-state index in [9.17, 15) is 15.0 Å². The van der Waals surface area contributed by atoms with Crippen LogP contribution in [0, 0.1) is 17.3 Å². The van der Waals surface area contributed by atoms with Crippen molar-refractivity contribution in [3.8, 4) is 0 Å². The standard InChI is InChI=1S/C18H26O4/c1-4-18-14(7-8-15(21)17(18)22)11(2)10-13(6-5-9-19)16(18)12(3)20/h5-6,9,11,14,17,19-20,22H,4,7-8,10H2,1-3H3/b9-5+,13-6-,16-12-/t11?,14?,17?,18-/m1/s1. The molecule has 0 aliphatic heterocycles. The van der Waals surface area contributed by atoms with E-state index in [2.05, 4.69) is 6.92 Å². The zero-order valence-corrected chi connectivity index (χ0v) is 13.5. The normalized spacial score (nSPS) is 40.1. The molecule has 3 N–H and O–H groups in total. The quantitative estimate of drug-likeness (QED) is 0.681. The molecule has 2 aliphatic carbocycles. The van der Waals surface area contributed by atoms with Crippen molar-refractivity contribution in [2.45, 2.75) is 52.6 Å². The number of carbonyl (C=O) groups is 1. The molecule has 0 heterocycles. The summed E-state index contributed by atoms with van der Waals surface area (Å²) in [6.45, 7) is 5.72. The van der Waals surface area contributed by atoms with Gasteiger partial charge < -0.3 is 15.3 Å². The van der Waals surface area contributed by atoms with Crippen LogP contribution in [0.25, 0.3) is 0 Å². The van der Waals surface area contributed by atoms with Gasteiger partial charge >= 0.3 is 0 Å². The first-order valence-electron chi connectivity index (χ1n) is 8.01. The van der Waals surface area contributed by atoms with Crippen LogP contribution in [0.2, 0.25) is 0 Å². The van der Waals surface area contributed by atoms with Gasteiger partial charge in [0.25, 0.3) is 0 Å². The summed E-state index contributed by atoms with van der Waals surface area (Å²) in [6.07, 6.45) is 5.70. The highest BCUT2D eigenvalue weighted by Crippen LogP contribution is 2.58. The van der Waals surface area contributed by atoms with Gasteiger partial charge in [-0.15, -0.1) is 0 Å². The van der Waals surface area contributed by atoms with E-state index in [1.807, 2.05) is 6.92 Å². The number of aliphatic hydroxyl groups excluding tert-OH is 3. The number of ketones is 1. The van der Waals surface area contributed by atoms with Gasteiger partial charge in [-0.1, -0.05) is 19.9 Å². The molecule has 0 aromatic rings. The zero-order valence-electron chi connectivity index (χ0n) is 13.5. The van der Waals surface area contributed by atoms with Crippen molar-refractivity contribution in [1.82, 2.24) is 0 Å². The third kappa shape index (κ3) is 2.39. The average Bonchev–Trinajstić information content (AvgIpc) is 2.48. The molecule has 4 nitrogen and oxygen atoms in total. The van der Waals surface area contributed by atoms with Crippen LogP contribution in [-0.2, 0) is 4.79 Å². The third-order valence-electron chi connectivity index (χ3n) is 5.50. The van der Waals surface area contributed by atoms with Crippen LogP contribution < -0.4 is 0 Å². The highest BCUT2D eigenvalue weighted by atomic mass is 16.3. The average molecular weight is 306 g/mol. The lowest BCUT2D eigenvalue weighted by molar-refractivity contribution is -0.144. The number of allylic oxidation sites excluding steroid dienone is 4. The number of hydrogen-bond acceptors (Lipinski definition) is 4. The van der Waals surface area contributed by atoms with Gasteiger partial charge in [-0.25, -0.2) is 0 Å². The number of rotatable bonds is 2. The number of Topliss-reactive ketones (excluding diaryl/α,β-unsaturated/α-hetero) is 1. The van der Waals surface area contributed by atoms with Gasteiger partial charge in [0, 0.05) is 17.4 Å². The van der Waals surface area contributed by atoms with Crippen molar-refractivity contribution in [3.63, 3.8) is 0 Å². The molecule has 2 rings (SSSR count). The fraction of sp³-hybridized carbons (Fsp3) is 0.611. The molecule has 122 valence electrons. The molecule has 0 bridgehead atoms. The molecule has 0 saturated heterocycles. The van der Waals surface area contributed by atoms with E-state index in [4.69, 9.17) is 5.11 Å². The van der Waals surface area contributed by atoms with Crippen molar-refractivity contribution in [2.24, 2.45) is 17.3 Å². The summed E-state index contributed by atoms with van der Waals surface area (Å²) in [5, 5.41) is 29.9. The number of aliphatic hydroxyl groups is 3. The van der Waals surface area contributed by atoms with Gasteiger partial charge in [0.1, 0.15) is 6.10 Å². The van der Waals surface area contributed by atoms with E-state index in [1.54, 1.807) is 13.0 Å². The number of fused-ring (bicyclic) bond motifs is 1. The van der Waals surface area contributed by atoms with Crippen LogP contribution in [0.3, 0.4) is 0 Å². The Morgan fingerprint density at radius 1 is 1.45 bits per heavy atom. The second kappa shape index (κ2) is 6.29. The molecule has 0 aromatic heterocycles. The highest BCUT2D eigenvalue weighted by molar-refractivity contribution is 5.86. The Kier molecular flexibility index (Phi) is 4.81. The Bertz CT molecular complexity index is 539. The smallest absolute Gasteiger partial charge is 0.162 e. The molecular weight excluding hydrogens is 280 g/mol. The molecule has 4 heteroatoms. The summed E-state index contributed by atoms with van der Waals surface area (Å²) in [4.78, 5) is 12.2. The maximum atomic E-state index is 12.2. The molecule has 4 atom stereocenters. The lowest BCUT2D eigenvalue weighted by Gasteiger charge is -2.54. The van der Waals surface area contributed by atoms with Gasteiger partial charge in [-0.2, -0.15) is 0 Å². The summed E-state index contributed by atoms with van der Waals surface area (Å²) in [5.74, 6) is 0.509. The van der Waals surface area contributed by atoms with Crippen molar-refractivity contribution in [1.29, 1.82) is 0 Å². The monoisotopic (exact) mass is 306 g/mol. The molecule has 0 amide bonds. The lowest BCUT2D eigenvalue weighted by atomic mass is 9.50. The molecule has 3 unspecified atom stereocenters. The first-order chi connectivity index (χ1) is 10.4. The number of carbonyl (C=O) groups excluding carboxylic acids is 1. The Hall–Kier alpha value is -1.55. The van der Waals surface area contributed by atoms with E-state index >= 15 is 0 Å². The molecule has 0 spiro atoms. The zero-order chi connectivity index (χ0) is 16.5. The summed E-state index contributed by atoms with van der Waals surface area (Å²) in [7, 11) is 0. The van der Waals surface area contributed by atoms with Crippen LogP contribution in [0.5, 0.6) is 0 Å². The van der Waals surface area contributed by atoms with Gasteiger partial charge in [-0.05, 0) is 49.7 Å². The lowest BCUT2D eigenvalue weighted by Crippen LogP contribution is -2.55. The summed E-state index contributed by atoms with van der Waals surface area (Å²) in [5.41, 5.74) is 0.863. The minimum Gasteiger partial charge on any atom is -0.516 e. The minimum absolute atomic E-state index is 0.136. The van der Waals surface area contributed by atoms with Crippen LogP contribution in [-0.4, -0.2) is 27.2 Å². The molecule has 0 aromatic carbocycles. The van der Waals surface area contributed by atoms with Crippen molar-refractivity contribution >= 4 is 5.78 Å². The maximum absolute atomic E-state index is 12.2. The molecule has 2 fully saturated rings. The molecular formula is C18H26O4. The van der Waals surface area contributed by atoms with Crippen LogP contribution in [0.1, 0.15) is 46.5 Å². The SMILES string of the molecule is CC[C@]12C(=C(/C)O)/C(=C\C=C\O)CC(C)C1CCC(=O)C2O. The van der Waals surface area contributed by atoms with Crippen molar-refractivity contribution in [2.75, 3.05) is 0 Å². The molecule has 22 heavy (non-hydrogen) atoms. The maximum Gasteiger partial charge on any atom is 0.162 e. The van der Waals surface area contributed by atoms with E-state index in [-0.39, 0.29) is 17.5 Å². The molecule has 2 saturated carbocycles. The largest absolute Gasteiger partial charge is 0.516 e. The Morgan fingerprint density at radius 2 is 2.14 bits per heavy atom. The van der Waals surface area contributed by atoms with E-state index in [0.717, 1.165) is 24.7 Å². The molecule has 2 aliphatic rings. The molecule has 0 radical (unpaired) electrons. The van der Waals surface area contributed by atoms with Crippen LogP contribution >= 0.6 is 0 Å². The third-order valence-corrected chi connectivity index (χ3v) is 5.50. The van der Waals surface area contributed by atoms with Gasteiger partial charge in [-0.3, -0.25) is 4.79 Å². The van der Waals surface area contributed by atoms with E-state index in [1.165, 1.54) is 6.08 Å². The second-order valence-corrected chi connectivity index (χ2v) is 6.58. The van der Waals surface area contributed by atoms with Crippen LogP contribution in [0.4, 0.5) is 0 Å². The van der Waals surface area contributed by atoms with Crippen molar-refractivity contribution in [3.05, 3.63) is 35.3 Å². The Balaban J connectivity index is 2.68. The Morgan fingerprint density at radius 3 is 2.68 bits per heavy atom. The van der Waals surface area contributed by atoms with Crippen molar-refractivity contribution < 1.29 is 20.1 Å². The predicted octanol–water partition coefficient (Wildman–Crippen LogP) is 3.59. The topological polar surface area (TPSA) is 77.8 Å². The predicted molar refractivity (Wildman–Crippen MR) is 85.4 cm³/mol. The second-order valence-electron chi connectivity index (χ2n) is 6.58. The minimum atomic E-state index is -1.07. The fourth-order valence-electron chi connectivity index (χ4n) is 4.70. The number of hydrogen-bond donors (Lipinski definition) is 3. The summed E-state index contributed by atoms with van der Waals surface area (Å²) >= 11 is 0. The first-order valence-corrected chi connectivity index (χ1v) is 8.01.